The molecule has 3 N–H and O–H groups in total. The number of hydrogen-bond acceptors (Lipinski definition) is 17. The summed E-state index contributed by atoms with van der Waals surface area (Å²) in [7, 11) is 18.4. The Morgan fingerprint density at radius 1 is 0.530 bits per heavy atom. The molecule has 117 heavy (non-hydrogen) atoms. The number of aromatic nitrogens is 1. The monoisotopic (exact) mass is 1650 g/mol. The summed E-state index contributed by atoms with van der Waals surface area (Å²) in [5, 5.41) is 2.68. The zero-order chi connectivity index (χ0) is 85.1. The number of hydrogen-bond donors (Lipinski definition) is 2. The van der Waals surface area contributed by atoms with Gasteiger partial charge in [-0.05, 0) is 297 Å². The fourth-order valence-corrected chi connectivity index (χ4v) is 19.4. The minimum Gasteiger partial charge on any atom is -0.453 e. The molecule has 1 aromatic carbocycles. The lowest BCUT2D eigenvalue weighted by atomic mass is 9.87. The average Bonchev–Trinajstić information content (AvgIpc) is 1.65. The zero-order valence-electron chi connectivity index (χ0n) is 74.2. The van der Waals surface area contributed by atoms with Crippen LogP contribution in [0.5, 0.6) is 0 Å². The van der Waals surface area contributed by atoms with Crippen molar-refractivity contribution in [3.05, 3.63) is 66.0 Å². The van der Waals surface area contributed by atoms with E-state index in [1.807, 2.05) is 65.3 Å². The number of ether oxygens (including phenoxy) is 2. The minimum atomic E-state index is -2.70. The number of nitrogens with two attached hydrogens (primary N) is 1. The molecule has 0 aliphatic carbocycles. The van der Waals surface area contributed by atoms with Crippen LogP contribution >= 0.6 is 0 Å². The first-order valence-electron chi connectivity index (χ1n) is 45.0. The molecule has 10 saturated heterocycles. The number of methoxy groups -OCH3 is 1. The first-order chi connectivity index (χ1) is 56.0. The Bertz CT molecular complexity index is 3210. The van der Waals surface area contributed by atoms with E-state index >= 15 is 0 Å². The van der Waals surface area contributed by atoms with Crippen LogP contribution in [-0.2, 0) is 46.5 Å². The van der Waals surface area contributed by atoms with Gasteiger partial charge in [-0.2, -0.15) is 0 Å². The van der Waals surface area contributed by atoms with Crippen molar-refractivity contribution in [1.29, 1.82) is 0 Å². The van der Waals surface area contributed by atoms with Crippen LogP contribution in [0.1, 0.15) is 199 Å². The number of nitrogens with zero attached hydrogens (tertiary/aromatic N) is 13. The molecule has 0 radical (unpaired) electrons. The van der Waals surface area contributed by atoms with E-state index in [2.05, 4.69) is 120 Å². The Labute approximate surface area is 701 Å². The summed E-state index contributed by atoms with van der Waals surface area (Å²) in [5.74, 6) is 1.19. The maximum Gasteiger partial charge on any atom is 0.409 e. The predicted octanol–water partition coefficient (Wildman–Crippen LogP) is 11.4. The molecule has 24 nitrogen and oxygen atoms in total. The molecule has 0 spiro atoms. The molecule has 2 aromatic rings. The van der Waals surface area contributed by atoms with Crippen LogP contribution in [0, 0.1) is 35.5 Å². The Morgan fingerprint density at radius 3 is 1.44 bits per heavy atom. The quantitative estimate of drug-likeness (QED) is 0.0996. The number of aryl methyl sites for hydroxylation is 1. The van der Waals surface area contributed by atoms with Gasteiger partial charge in [0.05, 0.1) is 20.2 Å². The summed E-state index contributed by atoms with van der Waals surface area (Å²) in [5.41, 5.74) is 7.43. The van der Waals surface area contributed by atoms with Crippen LogP contribution in [0.3, 0.4) is 0 Å². The van der Waals surface area contributed by atoms with Crippen molar-refractivity contribution in [2.24, 2.45) is 41.2 Å². The molecular weight excluding hydrogens is 1490 g/mol. The predicted molar refractivity (Wildman–Crippen MR) is 458 cm³/mol. The van der Waals surface area contributed by atoms with Gasteiger partial charge in [-0.25, -0.2) is 22.8 Å². The number of carbonyl (C=O) groups is 7. The van der Waals surface area contributed by atoms with Gasteiger partial charge in [-0.1, -0.05) is 64.1 Å². The van der Waals surface area contributed by atoms with Crippen molar-refractivity contribution < 1.29 is 56.2 Å². The molecule has 0 saturated carbocycles. The van der Waals surface area contributed by atoms with Crippen molar-refractivity contribution in [2.75, 3.05) is 181 Å². The number of benzene rings is 1. The second-order valence-corrected chi connectivity index (χ2v) is 35.9. The van der Waals surface area contributed by atoms with E-state index < -0.39 is 18.2 Å². The highest BCUT2D eigenvalue weighted by Gasteiger charge is 2.50. The van der Waals surface area contributed by atoms with Crippen LogP contribution in [-0.4, -0.2) is 335 Å². The smallest absolute Gasteiger partial charge is 0.409 e. The van der Waals surface area contributed by atoms with Crippen molar-refractivity contribution in [2.45, 2.75) is 250 Å². The van der Waals surface area contributed by atoms with Gasteiger partial charge in [0.1, 0.15) is 12.8 Å². The molecule has 10 aliphatic heterocycles. The summed E-state index contributed by atoms with van der Waals surface area (Å²) in [6, 6.07) is 17.0. The van der Waals surface area contributed by atoms with Gasteiger partial charge in [0.15, 0.2) is 0 Å². The highest BCUT2D eigenvalue weighted by molar-refractivity contribution is 5.79. The lowest BCUT2D eigenvalue weighted by Gasteiger charge is -2.37. The molecule has 10 fully saturated rings. The van der Waals surface area contributed by atoms with Crippen LogP contribution in [0.4, 0.5) is 22.8 Å². The van der Waals surface area contributed by atoms with Gasteiger partial charge in [0.2, 0.25) is 29.5 Å². The first kappa shape index (κ1) is 97.9. The Hall–Kier alpha value is -6.23. The topological polar surface area (TPSA) is 228 Å². The van der Waals surface area contributed by atoms with Gasteiger partial charge in [0.25, 0.3) is 5.92 Å². The molecule has 0 bridgehead atoms. The van der Waals surface area contributed by atoms with Crippen LogP contribution in [0.15, 0.2) is 54.7 Å². The van der Waals surface area contributed by atoms with Gasteiger partial charge in [0, 0.05) is 132 Å². The highest BCUT2D eigenvalue weighted by atomic mass is 19.3. The number of rotatable bonds is 24. The Morgan fingerprint density at radius 2 is 0.966 bits per heavy atom. The fourth-order valence-electron chi connectivity index (χ4n) is 19.4. The molecule has 664 valence electrons. The number of amides is 7. The molecule has 1 aromatic heterocycles. The maximum atomic E-state index is 13.6. The Kier molecular flexibility index (Phi) is 42.6. The zero-order valence-corrected chi connectivity index (χ0v) is 74.2. The van der Waals surface area contributed by atoms with Crippen molar-refractivity contribution in [3.8, 4) is 0 Å². The summed E-state index contributed by atoms with van der Waals surface area (Å²) in [6.45, 7) is 23.5. The summed E-state index contributed by atoms with van der Waals surface area (Å²) in [6.07, 6.45) is 24.1. The van der Waals surface area contributed by atoms with Crippen molar-refractivity contribution in [3.63, 3.8) is 0 Å². The SMILES string of the molecule is CC(CCN(C)C)[C@@H]1CCCN1C(=O)CCNC(=O)OCc1ccccc1.CC(CCN(C)C)[C@@H]1CCCN1C(=O)CCc1ccccn1.CCC(=O)N1CC(F)(F)C[C@H]1C1CCN(C)CC1.CCC(=O)N1CC(F)C[C@H]1C1CCN(C)CC1.CN1CCC([C@@H]2CCCN2C(=O)CCN)CC1.COC(=O)N1CCCC1C1CCN(C)CC1. The molecule has 12 rings (SSSR count). The van der Waals surface area contributed by atoms with E-state index in [0.29, 0.717) is 112 Å². The number of likely N-dealkylation sites (tertiary alicyclic amines) is 10. The second kappa shape index (κ2) is 50.9. The van der Waals surface area contributed by atoms with Crippen LogP contribution in [0.25, 0.3) is 0 Å². The number of carbonyl (C=O) groups excluding carboxylic acids is 7. The average molecular weight is 1650 g/mol. The van der Waals surface area contributed by atoms with Crippen molar-refractivity contribution in [1.82, 2.24) is 69.1 Å². The molecular formula is C90H154F3N15O9. The highest BCUT2D eigenvalue weighted by Crippen LogP contribution is 2.40. The third-order valence-electron chi connectivity index (χ3n) is 26.5. The minimum absolute atomic E-state index is 0.120. The molecule has 27 heteroatoms. The molecule has 7 amide bonds. The second-order valence-electron chi connectivity index (χ2n) is 35.9. The van der Waals surface area contributed by atoms with Crippen LogP contribution < -0.4 is 11.1 Å². The van der Waals surface area contributed by atoms with Gasteiger partial charge in [-0.15, -0.1) is 0 Å². The Balaban J connectivity index is 0.000000196. The molecule has 9 atom stereocenters. The van der Waals surface area contributed by atoms with E-state index in [1.165, 1.54) is 63.6 Å². The van der Waals surface area contributed by atoms with Crippen LogP contribution in [0.2, 0.25) is 0 Å². The summed E-state index contributed by atoms with van der Waals surface area (Å²) in [4.78, 5) is 114. The summed E-state index contributed by atoms with van der Waals surface area (Å²) < 4.78 is 50.7. The maximum absolute atomic E-state index is 13.6. The van der Waals surface area contributed by atoms with E-state index in [-0.39, 0.29) is 67.3 Å². The molecule has 11 heterocycles. The number of alkyl carbamates (subject to hydrolysis) is 1. The van der Waals surface area contributed by atoms with Gasteiger partial charge in [-0.3, -0.25) is 29.0 Å². The van der Waals surface area contributed by atoms with E-state index in [0.717, 1.165) is 179 Å². The molecule has 10 aliphatic rings. The normalized spacial score (nSPS) is 24.9. The first-order valence-corrected chi connectivity index (χ1v) is 45.0. The standard InChI is InChI=1S/C21H33N3O3.C18H29N3O.C13H22F2N2O.C13H23FN2O.C13H25N3O.C12H22N2O2/c1-17(12-15-23(2)3)19-10-7-14-24(19)20(25)11-13-22-21(26)27-16-18-8-5-4-6-9-18;1-15(11-14-20(2)3)17-8-6-13-21(17)18(22)10-9-16-7-4-5-12-19-16;1-3-12(18)17-9-13(14,15)8-11(17)10-4-6-16(2)7-5-10;1-3-13(17)16-9-11(14)8-12(16)10-4-6-15(2)7-5-10;1-15-9-5-11(6-10-15)12-3-2-8-16(12)13(17)4-7-14;1-13-8-5-10(6-9-13)11-4-3-7-14(11)12(15)16-2/h4-6,8-9,17,19H,7,10-16H2,1-3H3,(H,22,26);4-5,7,12,15,17H,6,8-11,13-14H2,1-3H3;10-11H,3-9H2,1-2H3;10-12H,3-9H2,1-2H3;11-12H,2-10,14H2,1H3;10-11H,3-9H2,1-2H3/t17?,19-;15?,17-;11-;11?,12-;12-;/m00000./s1. The number of alkyl halides is 3. The van der Waals surface area contributed by atoms with Crippen molar-refractivity contribution >= 4 is 41.7 Å². The summed E-state index contributed by atoms with van der Waals surface area (Å²) >= 11 is 0. The molecule has 4 unspecified atom stereocenters. The lowest BCUT2D eigenvalue weighted by Crippen LogP contribution is -2.44. The van der Waals surface area contributed by atoms with E-state index in [1.54, 1.807) is 18.0 Å². The fraction of sp³-hybridized carbons (Fsp3) is 0.800. The lowest BCUT2D eigenvalue weighted by molar-refractivity contribution is -0.134. The number of pyridine rings is 1. The van der Waals surface area contributed by atoms with Gasteiger partial charge < -0.3 is 79.3 Å². The van der Waals surface area contributed by atoms with E-state index in [9.17, 15) is 46.7 Å². The third kappa shape index (κ3) is 32.3. The van der Waals surface area contributed by atoms with Gasteiger partial charge >= 0.3 is 12.2 Å². The number of nitrogens with one attached hydrogen (secondary N) is 1. The largest absolute Gasteiger partial charge is 0.453 e. The third-order valence-corrected chi connectivity index (χ3v) is 26.5. The number of halogens is 3. The number of piperidine rings is 4. The van der Waals surface area contributed by atoms with E-state index in [4.69, 9.17) is 15.2 Å².